The Balaban J connectivity index is 1.72. The van der Waals surface area contributed by atoms with Crippen LogP contribution >= 0.6 is 11.3 Å². The first-order valence-electron chi connectivity index (χ1n) is 8.20. The molecule has 0 spiro atoms. The molecule has 1 fully saturated rings. The summed E-state index contributed by atoms with van der Waals surface area (Å²) in [5.74, 6) is 0.847. The van der Waals surface area contributed by atoms with Crippen LogP contribution in [0.15, 0.2) is 11.1 Å². The molecule has 0 N–H and O–H groups in total. The molecule has 0 bridgehead atoms. The zero-order valence-corrected chi connectivity index (χ0v) is 14.8. The zero-order chi connectivity index (χ0) is 16.6. The maximum Gasteiger partial charge on any atom is 0.262 e. The van der Waals surface area contributed by atoms with Gasteiger partial charge in [0.05, 0.1) is 11.7 Å². The summed E-state index contributed by atoms with van der Waals surface area (Å²) in [5, 5.41) is 0.703. The van der Waals surface area contributed by atoms with Crippen LogP contribution in [0.2, 0.25) is 0 Å². The summed E-state index contributed by atoms with van der Waals surface area (Å²) in [7, 11) is 0. The molecule has 3 heterocycles. The number of hydrogen-bond acceptors (Lipinski definition) is 4. The van der Waals surface area contributed by atoms with Gasteiger partial charge in [0.25, 0.3) is 5.56 Å². The highest BCUT2D eigenvalue weighted by Crippen LogP contribution is 2.25. The van der Waals surface area contributed by atoms with E-state index >= 15 is 0 Å². The molecule has 0 radical (unpaired) electrons. The minimum absolute atomic E-state index is 0.0306. The van der Waals surface area contributed by atoms with Crippen LogP contribution in [0.3, 0.4) is 0 Å². The van der Waals surface area contributed by atoms with Crippen LogP contribution in [0.4, 0.5) is 0 Å². The number of likely N-dealkylation sites (tertiary alicyclic amines) is 1. The molecule has 3 rings (SSSR count). The summed E-state index contributed by atoms with van der Waals surface area (Å²) in [5.41, 5.74) is 0.977. The molecule has 2 aromatic heterocycles. The second-order valence-electron chi connectivity index (χ2n) is 6.52. The van der Waals surface area contributed by atoms with Crippen molar-refractivity contribution in [3.05, 3.63) is 27.1 Å². The summed E-state index contributed by atoms with van der Waals surface area (Å²) in [6, 6.07) is 0. The number of aryl methyl sites for hydroxylation is 3. The fourth-order valence-electron chi connectivity index (χ4n) is 3.06. The molecule has 0 unspecified atom stereocenters. The molecule has 124 valence electrons. The number of aromatic nitrogens is 2. The lowest BCUT2D eigenvalue weighted by Crippen LogP contribution is -2.38. The summed E-state index contributed by atoms with van der Waals surface area (Å²) < 4.78 is 1.58. The molecule has 1 saturated heterocycles. The van der Waals surface area contributed by atoms with Crippen LogP contribution in [0.25, 0.3) is 10.2 Å². The molecule has 1 amide bonds. The minimum Gasteiger partial charge on any atom is -0.343 e. The Kier molecular flexibility index (Phi) is 4.53. The number of piperidine rings is 1. The lowest BCUT2D eigenvalue weighted by molar-refractivity contribution is -0.132. The fraction of sp³-hybridized carbons (Fsp3) is 0.588. The largest absolute Gasteiger partial charge is 0.343 e. The Labute approximate surface area is 139 Å². The van der Waals surface area contributed by atoms with Gasteiger partial charge in [0.15, 0.2) is 0 Å². The van der Waals surface area contributed by atoms with Gasteiger partial charge in [-0.3, -0.25) is 14.2 Å². The Morgan fingerprint density at radius 3 is 2.74 bits per heavy atom. The van der Waals surface area contributed by atoms with Crippen LogP contribution in [-0.2, 0) is 11.3 Å². The van der Waals surface area contributed by atoms with Crippen LogP contribution in [-0.4, -0.2) is 33.4 Å². The van der Waals surface area contributed by atoms with E-state index in [0.29, 0.717) is 24.3 Å². The number of amides is 1. The predicted molar refractivity (Wildman–Crippen MR) is 92.9 cm³/mol. The van der Waals surface area contributed by atoms with Crippen molar-refractivity contribution < 1.29 is 4.79 Å². The van der Waals surface area contributed by atoms with Crippen molar-refractivity contribution in [1.82, 2.24) is 14.5 Å². The predicted octanol–water partition coefficient (Wildman–Crippen LogP) is 2.72. The van der Waals surface area contributed by atoms with Gasteiger partial charge in [-0.15, -0.1) is 11.3 Å². The van der Waals surface area contributed by atoms with Gasteiger partial charge in [0, 0.05) is 30.9 Å². The van der Waals surface area contributed by atoms with E-state index < -0.39 is 0 Å². The first-order chi connectivity index (χ1) is 11.0. The van der Waals surface area contributed by atoms with Crippen LogP contribution in [0, 0.1) is 19.8 Å². The molecule has 0 saturated carbocycles. The highest BCUT2D eigenvalue weighted by Gasteiger charge is 2.20. The van der Waals surface area contributed by atoms with E-state index in [1.165, 1.54) is 0 Å². The van der Waals surface area contributed by atoms with E-state index in [-0.39, 0.29) is 11.5 Å². The van der Waals surface area contributed by atoms with Gasteiger partial charge in [-0.25, -0.2) is 4.98 Å². The number of thiophene rings is 1. The van der Waals surface area contributed by atoms with Gasteiger partial charge in [0.2, 0.25) is 5.91 Å². The van der Waals surface area contributed by atoms with Crippen molar-refractivity contribution >= 4 is 27.5 Å². The van der Waals surface area contributed by atoms with Crippen molar-refractivity contribution in [1.29, 1.82) is 0 Å². The average Bonchev–Trinajstić information content (AvgIpc) is 2.82. The highest BCUT2D eigenvalue weighted by molar-refractivity contribution is 7.18. The quantitative estimate of drug-likeness (QED) is 0.868. The second kappa shape index (κ2) is 6.43. The average molecular weight is 333 g/mol. The van der Waals surface area contributed by atoms with Crippen molar-refractivity contribution in [3.63, 3.8) is 0 Å². The Morgan fingerprint density at radius 2 is 2.04 bits per heavy atom. The Morgan fingerprint density at radius 1 is 1.35 bits per heavy atom. The van der Waals surface area contributed by atoms with Gasteiger partial charge >= 0.3 is 0 Å². The van der Waals surface area contributed by atoms with Crippen LogP contribution in [0.1, 0.15) is 36.6 Å². The monoisotopic (exact) mass is 333 g/mol. The van der Waals surface area contributed by atoms with Crippen molar-refractivity contribution in [2.24, 2.45) is 5.92 Å². The molecule has 0 atom stereocenters. The third-order valence-electron chi connectivity index (χ3n) is 4.86. The van der Waals surface area contributed by atoms with Gasteiger partial charge in [-0.1, -0.05) is 6.92 Å². The van der Waals surface area contributed by atoms with Crippen molar-refractivity contribution in [3.8, 4) is 0 Å². The number of fused-ring (bicyclic) bond motifs is 1. The minimum atomic E-state index is -0.0306. The molecule has 6 heteroatoms. The molecule has 1 aliphatic rings. The maximum atomic E-state index is 12.6. The van der Waals surface area contributed by atoms with E-state index in [0.717, 1.165) is 41.2 Å². The number of carbonyl (C=O) groups is 1. The Hall–Kier alpha value is -1.69. The van der Waals surface area contributed by atoms with E-state index in [1.54, 1.807) is 22.2 Å². The summed E-state index contributed by atoms with van der Waals surface area (Å²) >= 11 is 1.55. The molecular formula is C17H23N3O2S. The standard InChI is InChI=1S/C17H23N3O2S/c1-11-4-7-19(8-5-11)14(21)6-9-20-10-18-16-15(17(20)22)12(2)13(3)23-16/h10-11H,4-9H2,1-3H3. The lowest BCUT2D eigenvalue weighted by atomic mass is 9.99. The van der Waals surface area contributed by atoms with Gasteiger partial charge in [0.1, 0.15) is 4.83 Å². The van der Waals surface area contributed by atoms with E-state index in [9.17, 15) is 9.59 Å². The highest BCUT2D eigenvalue weighted by atomic mass is 32.1. The second-order valence-corrected chi connectivity index (χ2v) is 7.72. The first kappa shape index (κ1) is 16.2. The number of hydrogen-bond donors (Lipinski definition) is 0. The molecular weight excluding hydrogens is 310 g/mol. The van der Waals surface area contributed by atoms with Crippen LogP contribution < -0.4 is 5.56 Å². The Bertz CT molecular complexity index is 785. The van der Waals surface area contributed by atoms with Gasteiger partial charge in [-0.05, 0) is 38.2 Å². The molecule has 23 heavy (non-hydrogen) atoms. The SMILES string of the molecule is Cc1sc2ncn(CCC(=O)N3CCC(C)CC3)c(=O)c2c1C. The third kappa shape index (κ3) is 3.17. The maximum absolute atomic E-state index is 12.6. The first-order valence-corrected chi connectivity index (χ1v) is 9.02. The van der Waals surface area contributed by atoms with Crippen molar-refractivity contribution in [2.45, 2.75) is 46.6 Å². The summed E-state index contributed by atoms with van der Waals surface area (Å²) in [6.07, 6.45) is 4.09. The normalized spacial score (nSPS) is 16.2. The molecule has 0 aliphatic carbocycles. The number of nitrogens with zero attached hydrogens (tertiary/aromatic N) is 3. The molecule has 5 nitrogen and oxygen atoms in total. The third-order valence-corrected chi connectivity index (χ3v) is 5.97. The van der Waals surface area contributed by atoms with Crippen molar-refractivity contribution in [2.75, 3.05) is 13.1 Å². The van der Waals surface area contributed by atoms with E-state index in [4.69, 9.17) is 0 Å². The van der Waals surface area contributed by atoms with Gasteiger partial charge < -0.3 is 4.90 Å². The molecule has 1 aliphatic heterocycles. The summed E-state index contributed by atoms with van der Waals surface area (Å²) in [6.45, 7) is 8.28. The number of rotatable bonds is 3. The van der Waals surface area contributed by atoms with Gasteiger partial charge in [-0.2, -0.15) is 0 Å². The topological polar surface area (TPSA) is 55.2 Å². The lowest BCUT2D eigenvalue weighted by Gasteiger charge is -2.30. The molecule has 2 aromatic rings. The van der Waals surface area contributed by atoms with Crippen LogP contribution in [0.5, 0.6) is 0 Å². The molecule has 0 aromatic carbocycles. The zero-order valence-electron chi connectivity index (χ0n) is 14.0. The van der Waals surface area contributed by atoms with E-state index in [1.807, 2.05) is 18.7 Å². The fourth-order valence-corrected chi connectivity index (χ4v) is 4.05. The van der Waals surface area contributed by atoms with E-state index in [2.05, 4.69) is 11.9 Å². The summed E-state index contributed by atoms with van der Waals surface area (Å²) in [4.78, 5) is 33.1. The number of carbonyl (C=O) groups excluding carboxylic acids is 1. The smallest absolute Gasteiger partial charge is 0.262 e.